The third-order valence-electron chi connectivity index (χ3n) is 5.71. The minimum atomic E-state index is -0.125. The number of amides is 1. The molecular formula is C18H27ClN4O. The van der Waals surface area contributed by atoms with Gasteiger partial charge >= 0.3 is 0 Å². The summed E-state index contributed by atoms with van der Waals surface area (Å²) in [6, 6.07) is 8.92. The number of hydrogen-bond donors (Lipinski definition) is 4. The zero-order valence-corrected chi connectivity index (χ0v) is 14.9. The van der Waals surface area contributed by atoms with Crippen LogP contribution in [0.25, 0.3) is 0 Å². The second-order valence-corrected chi connectivity index (χ2v) is 7.68. The summed E-state index contributed by atoms with van der Waals surface area (Å²) >= 11 is 0. The average molecular weight is 351 g/mol. The number of halogens is 1. The summed E-state index contributed by atoms with van der Waals surface area (Å²) in [5, 5.41) is 6.60. The minimum Gasteiger partial charge on any atom is -0.354 e. The molecule has 3 aliphatic rings. The highest BCUT2D eigenvalue weighted by molar-refractivity contribution is 5.85. The Morgan fingerprint density at radius 1 is 1.25 bits per heavy atom. The van der Waals surface area contributed by atoms with Gasteiger partial charge in [0.1, 0.15) is 6.04 Å². The number of rotatable bonds is 3. The lowest BCUT2D eigenvalue weighted by Gasteiger charge is -2.29. The van der Waals surface area contributed by atoms with Gasteiger partial charge in [-0.05, 0) is 42.3 Å². The predicted molar refractivity (Wildman–Crippen MR) is 97.0 cm³/mol. The third kappa shape index (κ3) is 3.31. The van der Waals surface area contributed by atoms with E-state index < -0.39 is 0 Å². The number of carbonyl (C=O) groups is 1. The zero-order chi connectivity index (χ0) is 15.9. The van der Waals surface area contributed by atoms with Crippen LogP contribution in [0.2, 0.25) is 0 Å². The molecule has 3 atom stereocenters. The van der Waals surface area contributed by atoms with Gasteiger partial charge in [-0.25, -0.2) is 5.43 Å². The van der Waals surface area contributed by atoms with Gasteiger partial charge in [-0.2, -0.15) is 0 Å². The molecule has 2 saturated heterocycles. The Kier molecular flexibility index (Phi) is 5.16. The standard InChI is InChI=1S/C18H26N4O.ClH/c1-18(8-12-4-2-3-5-13(12)9-18)11-20-17(23)16-14-10-19-7-6-15(14)21-22-16;/h2-5,14-16,19,21-22H,6-11H2,1H3,(H,20,23);1H. The Hall–Kier alpha value is -1.14. The van der Waals surface area contributed by atoms with E-state index in [4.69, 9.17) is 0 Å². The van der Waals surface area contributed by atoms with Crippen LogP contribution in [-0.2, 0) is 17.6 Å². The number of hydrazine groups is 1. The summed E-state index contributed by atoms with van der Waals surface area (Å²) in [7, 11) is 0. The van der Waals surface area contributed by atoms with Crippen molar-refractivity contribution in [2.24, 2.45) is 11.3 Å². The first-order valence-corrected chi connectivity index (χ1v) is 8.71. The number of benzene rings is 1. The molecule has 1 aliphatic carbocycles. The SMILES string of the molecule is CC1(CNC(=O)C2NNC3CCNCC32)Cc2ccccc2C1.Cl. The largest absolute Gasteiger partial charge is 0.354 e. The van der Waals surface area contributed by atoms with E-state index in [2.05, 4.69) is 52.7 Å². The fourth-order valence-corrected chi connectivity index (χ4v) is 4.40. The fraction of sp³-hybridized carbons (Fsp3) is 0.611. The molecule has 0 spiro atoms. The second kappa shape index (κ2) is 7.00. The third-order valence-corrected chi connectivity index (χ3v) is 5.71. The normalized spacial score (nSPS) is 30.1. The predicted octanol–water partition coefficient (Wildman–Crippen LogP) is 0.784. The van der Waals surface area contributed by atoms with Gasteiger partial charge in [0.25, 0.3) is 0 Å². The van der Waals surface area contributed by atoms with E-state index in [0.717, 1.165) is 38.9 Å². The number of nitrogens with one attached hydrogen (secondary N) is 4. The van der Waals surface area contributed by atoms with Crippen LogP contribution in [0, 0.1) is 11.3 Å². The van der Waals surface area contributed by atoms with Crippen molar-refractivity contribution in [3.63, 3.8) is 0 Å². The van der Waals surface area contributed by atoms with Crippen LogP contribution in [0.15, 0.2) is 24.3 Å². The molecule has 24 heavy (non-hydrogen) atoms. The summed E-state index contributed by atoms with van der Waals surface area (Å²) in [5.74, 6) is 0.475. The van der Waals surface area contributed by atoms with Crippen LogP contribution in [0.5, 0.6) is 0 Å². The maximum absolute atomic E-state index is 12.6. The van der Waals surface area contributed by atoms with Crippen LogP contribution >= 0.6 is 12.4 Å². The highest BCUT2D eigenvalue weighted by Crippen LogP contribution is 2.36. The monoisotopic (exact) mass is 350 g/mol. The average Bonchev–Trinajstić information content (AvgIpc) is 3.13. The lowest BCUT2D eigenvalue weighted by atomic mass is 9.86. The lowest BCUT2D eigenvalue weighted by molar-refractivity contribution is -0.124. The molecule has 2 aliphatic heterocycles. The molecule has 1 aromatic carbocycles. The van der Waals surface area contributed by atoms with Crippen molar-refractivity contribution >= 4 is 18.3 Å². The number of fused-ring (bicyclic) bond motifs is 2. The van der Waals surface area contributed by atoms with Crippen LogP contribution in [-0.4, -0.2) is 37.6 Å². The molecule has 0 radical (unpaired) electrons. The fourth-order valence-electron chi connectivity index (χ4n) is 4.40. The van der Waals surface area contributed by atoms with Crippen molar-refractivity contribution in [3.05, 3.63) is 35.4 Å². The molecule has 2 heterocycles. The van der Waals surface area contributed by atoms with E-state index in [0.29, 0.717) is 12.0 Å². The molecule has 4 N–H and O–H groups in total. The molecule has 1 amide bonds. The van der Waals surface area contributed by atoms with Gasteiger partial charge in [-0.15, -0.1) is 12.4 Å². The highest BCUT2D eigenvalue weighted by Gasteiger charge is 2.42. The smallest absolute Gasteiger partial charge is 0.238 e. The van der Waals surface area contributed by atoms with Crippen molar-refractivity contribution < 1.29 is 4.79 Å². The molecule has 0 aromatic heterocycles. The lowest BCUT2D eigenvalue weighted by Crippen LogP contribution is -2.51. The summed E-state index contributed by atoms with van der Waals surface area (Å²) in [6.45, 7) is 4.95. The van der Waals surface area contributed by atoms with E-state index >= 15 is 0 Å². The zero-order valence-electron chi connectivity index (χ0n) is 14.1. The maximum atomic E-state index is 12.6. The van der Waals surface area contributed by atoms with Gasteiger partial charge in [-0.1, -0.05) is 31.2 Å². The van der Waals surface area contributed by atoms with Gasteiger partial charge in [0.2, 0.25) is 5.91 Å². The summed E-state index contributed by atoms with van der Waals surface area (Å²) in [4.78, 5) is 12.6. The Labute approximate surface area is 149 Å². The first kappa shape index (κ1) is 17.7. The van der Waals surface area contributed by atoms with Crippen LogP contribution in [0.4, 0.5) is 0 Å². The molecule has 6 heteroatoms. The summed E-state index contributed by atoms with van der Waals surface area (Å²) in [5.41, 5.74) is 9.49. The van der Waals surface area contributed by atoms with Crippen LogP contribution in [0.3, 0.4) is 0 Å². The highest BCUT2D eigenvalue weighted by atomic mass is 35.5. The Morgan fingerprint density at radius 3 is 2.67 bits per heavy atom. The van der Waals surface area contributed by atoms with E-state index in [1.54, 1.807) is 0 Å². The van der Waals surface area contributed by atoms with Crippen molar-refractivity contribution in [2.45, 2.75) is 38.3 Å². The maximum Gasteiger partial charge on any atom is 0.238 e. The first-order chi connectivity index (χ1) is 11.1. The van der Waals surface area contributed by atoms with Crippen LogP contribution < -0.4 is 21.5 Å². The topological polar surface area (TPSA) is 65.2 Å². The Morgan fingerprint density at radius 2 is 1.96 bits per heavy atom. The van der Waals surface area contributed by atoms with Gasteiger partial charge in [0, 0.05) is 25.0 Å². The first-order valence-electron chi connectivity index (χ1n) is 8.71. The molecule has 0 saturated carbocycles. The number of hydrogen-bond acceptors (Lipinski definition) is 4. The van der Waals surface area contributed by atoms with Crippen molar-refractivity contribution in [3.8, 4) is 0 Å². The van der Waals surface area contributed by atoms with Crippen molar-refractivity contribution in [1.29, 1.82) is 0 Å². The molecule has 2 fully saturated rings. The summed E-state index contributed by atoms with van der Waals surface area (Å²) in [6.07, 6.45) is 3.18. The van der Waals surface area contributed by atoms with E-state index in [-0.39, 0.29) is 29.8 Å². The van der Waals surface area contributed by atoms with Crippen molar-refractivity contribution in [1.82, 2.24) is 21.5 Å². The number of carbonyl (C=O) groups excluding carboxylic acids is 1. The van der Waals surface area contributed by atoms with Crippen LogP contribution in [0.1, 0.15) is 24.5 Å². The van der Waals surface area contributed by atoms with Gasteiger partial charge in [0.15, 0.2) is 0 Å². The minimum absolute atomic E-state index is 0. The summed E-state index contributed by atoms with van der Waals surface area (Å²) < 4.78 is 0. The molecule has 5 nitrogen and oxygen atoms in total. The Balaban J connectivity index is 0.00000169. The van der Waals surface area contributed by atoms with E-state index in [1.165, 1.54) is 11.1 Å². The van der Waals surface area contributed by atoms with E-state index in [1.807, 2.05) is 0 Å². The molecule has 4 rings (SSSR count). The van der Waals surface area contributed by atoms with Gasteiger partial charge < -0.3 is 10.6 Å². The van der Waals surface area contributed by atoms with Crippen molar-refractivity contribution in [2.75, 3.05) is 19.6 Å². The van der Waals surface area contributed by atoms with Gasteiger partial charge in [-0.3, -0.25) is 10.2 Å². The van der Waals surface area contributed by atoms with Gasteiger partial charge in [0.05, 0.1) is 0 Å². The Bertz CT molecular complexity index is 583. The quantitative estimate of drug-likeness (QED) is 0.650. The second-order valence-electron chi connectivity index (χ2n) is 7.68. The molecule has 3 unspecified atom stereocenters. The van der Waals surface area contributed by atoms with E-state index in [9.17, 15) is 4.79 Å². The molecular weight excluding hydrogens is 324 g/mol. The molecule has 0 bridgehead atoms. The number of piperidine rings is 1. The molecule has 1 aromatic rings. The molecule has 132 valence electrons.